The molecule has 1 heterocycles. The zero-order valence-corrected chi connectivity index (χ0v) is 6.22. The topological polar surface area (TPSA) is 51.0 Å². The van der Waals surface area contributed by atoms with Gasteiger partial charge in [0.1, 0.15) is 5.60 Å². The molecule has 0 aliphatic carbocycles. The standard InChI is InChI=1S/C7H12N2O/c1-7(2,10-8)6-4-3-5-9-6/h3-5,9H,8H2,1-2H3. The molecule has 0 aromatic carbocycles. The molecule has 3 nitrogen and oxygen atoms in total. The predicted octanol–water partition coefficient (Wildman–Crippen LogP) is 1.14. The summed E-state index contributed by atoms with van der Waals surface area (Å²) in [4.78, 5) is 7.77. The number of aromatic nitrogens is 1. The number of hydrogen-bond donors (Lipinski definition) is 2. The van der Waals surface area contributed by atoms with Gasteiger partial charge >= 0.3 is 0 Å². The monoisotopic (exact) mass is 140 g/mol. The van der Waals surface area contributed by atoms with Crippen LogP contribution in [0.3, 0.4) is 0 Å². The zero-order chi connectivity index (χ0) is 7.61. The molecule has 10 heavy (non-hydrogen) atoms. The summed E-state index contributed by atoms with van der Waals surface area (Å²) in [5.74, 6) is 5.08. The molecule has 1 aromatic rings. The molecule has 0 atom stereocenters. The maximum absolute atomic E-state index is 5.08. The van der Waals surface area contributed by atoms with Crippen molar-refractivity contribution in [3.05, 3.63) is 24.0 Å². The van der Waals surface area contributed by atoms with Gasteiger partial charge in [0.05, 0.1) is 0 Å². The Balaban J connectivity index is 2.85. The second-order valence-electron chi connectivity index (χ2n) is 2.71. The number of hydrogen-bond acceptors (Lipinski definition) is 2. The number of nitrogens with two attached hydrogens (primary N) is 1. The summed E-state index contributed by atoms with van der Waals surface area (Å²) in [6.45, 7) is 3.80. The van der Waals surface area contributed by atoms with Crippen LogP contribution in [0.4, 0.5) is 0 Å². The van der Waals surface area contributed by atoms with E-state index in [-0.39, 0.29) is 0 Å². The molecule has 56 valence electrons. The molecule has 0 aliphatic heterocycles. The van der Waals surface area contributed by atoms with Gasteiger partial charge in [0.15, 0.2) is 0 Å². The Morgan fingerprint density at radius 1 is 1.60 bits per heavy atom. The minimum Gasteiger partial charge on any atom is -0.363 e. The first-order chi connectivity index (χ1) is 4.67. The van der Waals surface area contributed by atoms with E-state index in [0.29, 0.717) is 0 Å². The van der Waals surface area contributed by atoms with Crippen LogP contribution in [0, 0.1) is 0 Å². The van der Waals surface area contributed by atoms with Gasteiger partial charge in [-0.1, -0.05) is 0 Å². The van der Waals surface area contributed by atoms with Crippen LogP contribution >= 0.6 is 0 Å². The molecular formula is C7H12N2O. The number of aromatic amines is 1. The van der Waals surface area contributed by atoms with E-state index in [1.807, 2.05) is 32.2 Å². The maximum atomic E-state index is 5.08. The highest BCUT2D eigenvalue weighted by molar-refractivity contribution is 5.11. The first kappa shape index (κ1) is 7.31. The average Bonchev–Trinajstić information content (AvgIpc) is 2.38. The molecule has 0 bridgehead atoms. The summed E-state index contributed by atoms with van der Waals surface area (Å²) in [6.07, 6.45) is 1.84. The van der Waals surface area contributed by atoms with E-state index >= 15 is 0 Å². The third-order valence-corrected chi connectivity index (χ3v) is 1.54. The van der Waals surface area contributed by atoms with Gasteiger partial charge in [-0.05, 0) is 26.0 Å². The van der Waals surface area contributed by atoms with Crippen molar-refractivity contribution in [2.45, 2.75) is 19.4 Å². The van der Waals surface area contributed by atoms with Crippen LogP contribution in [0.2, 0.25) is 0 Å². The van der Waals surface area contributed by atoms with Crippen molar-refractivity contribution < 1.29 is 4.84 Å². The van der Waals surface area contributed by atoms with E-state index in [9.17, 15) is 0 Å². The lowest BCUT2D eigenvalue weighted by atomic mass is 10.1. The average molecular weight is 140 g/mol. The van der Waals surface area contributed by atoms with Gasteiger partial charge in [-0.15, -0.1) is 0 Å². The molecule has 0 saturated heterocycles. The summed E-state index contributed by atoms with van der Waals surface area (Å²) in [7, 11) is 0. The largest absolute Gasteiger partial charge is 0.363 e. The predicted molar refractivity (Wildman–Crippen MR) is 39.1 cm³/mol. The Hall–Kier alpha value is -0.800. The van der Waals surface area contributed by atoms with Gasteiger partial charge in [0.25, 0.3) is 0 Å². The minimum absolute atomic E-state index is 0.413. The Morgan fingerprint density at radius 3 is 2.70 bits per heavy atom. The van der Waals surface area contributed by atoms with Crippen molar-refractivity contribution in [3.63, 3.8) is 0 Å². The lowest BCUT2D eigenvalue weighted by Gasteiger charge is -2.19. The molecule has 1 aromatic heterocycles. The Labute approximate surface area is 60.1 Å². The third kappa shape index (κ3) is 1.20. The van der Waals surface area contributed by atoms with Crippen LogP contribution in [0.1, 0.15) is 19.5 Å². The molecule has 0 aliphatic rings. The quantitative estimate of drug-likeness (QED) is 0.605. The zero-order valence-electron chi connectivity index (χ0n) is 6.22. The Kier molecular flexibility index (Phi) is 1.78. The first-order valence-electron chi connectivity index (χ1n) is 3.18. The molecule has 1 rings (SSSR count). The molecule has 0 spiro atoms. The summed E-state index contributed by atoms with van der Waals surface area (Å²) < 4.78 is 0. The van der Waals surface area contributed by atoms with Crippen molar-refractivity contribution >= 4 is 0 Å². The van der Waals surface area contributed by atoms with E-state index in [1.54, 1.807) is 0 Å². The second-order valence-corrected chi connectivity index (χ2v) is 2.71. The number of rotatable bonds is 2. The van der Waals surface area contributed by atoms with Crippen molar-refractivity contribution in [2.75, 3.05) is 0 Å². The third-order valence-electron chi connectivity index (χ3n) is 1.54. The van der Waals surface area contributed by atoms with Crippen molar-refractivity contribution in [1.29, 1.82) is 0 Å². The van der Waals surface area contributed by atoms with Crippen LogP contribution < -0.4 is 5.90 Å². The van der Waals surface area contributed by atoms with Crippen LogP contribution in [-0.4, -0.2) is 4.98 Å². The first-order valence-corrected chi connectivity index (χ1v) is 3.18. The van der Waals surface area contributed by atoms with Crippen LogP contribution in [0.5, 0.6) is 0 Å². The van der Waals surface area contributed by atoms with Crippen LogP contribution in [0.15, 0.2) is 18.3 Å². The molecule has 3 heteroatoms. The van der Waals surface area contributed by atoms with E-state index in [4.69, 9.17) is 10.7 Å². The smallest absolute Gasteiger partial charge is 0.123 e. The normalized spacial score (nSPS) is 11.9. The van der Waals surface area contributed by atoms with E-state index in [1.165, 1.54) is 0 Å². The molecule has 3 N–H and O–H groups in total. The fraction of sp³-hybridized carbons (Fsp3) is 0.429. The molecular weight excluding hydrogens is 128 g/mol. The molecule has 0 amide bonds. The Morgan fingerprint density at radius 2 is 2.30 bits per heavy atom. The van der Waals surface area contributed by atoms with Crippen molar-refractivity contribution in [3.8, 4) is 0 Å². The fourth-order valence-corrected chi connectivity index (χ4v) is 0.768. The molecule has 0 unspecified atom stereocenters. The van der Waals surface area contributed by atoms with Gasteiger partial charge in [-0.3, -0.25) is 4.84 Å². The Bertz CT molecular complexity index is 191. The van der Waals surface area contributed by atoms with Gasteiger partial charge < -0.3 is 4.98 Å². The lowest BCUT2D eigenvalue weighted by Crippen LogP contribution is -2.25. The van der Waals surface area contributed by atoms with E-state index < -0.39 is 5.60 Å². The highest BCUT2D eigenvalue weighted by atomic mass is 16.6. The second kappa shape index (κ2) is 2.44. The van der Waals surface area contributed by atoms with Gasteiger partial charge in [-0.25, -0.2) is 5.90 Å². The summed E-state index contributed by atoms with van der Waals surface area (Å²) in [5.41, 5.74) is 0.568. The number of nitrogens with one attached hydrogen (secondary N) is 1. The molecule has 0 saturated carbocycles. The van der Waals surface area contributed by atoms with Crippen molar-refractivity contribution in [1.82, 2.24) is 4.98 Å². The van der Waals surface area contributed by atoms with E-state index in [2.05, 4.69) is 4.98 Å². The van der Waals surface area contributed by atoms with Crippen LogP contribution in [-0.2, 0) is 10.4 Å². The summed E-state index contributed by atoms with van der Waals surface area (Å²) >= 11 is 0. The minimum atomic E-state index is -0.413. The SMILES string of the molecule is CC(C)(ON)c1ccc[nH]1. The van der Waals surface area contributed by atoms with Gasteiger partial charge in [-0.2, -0.15) is 0 Å². The van der Waals surface area contributed by atoms with Crippen molar-refractivity contribution in [2.24, 2.45) is 5.90 Å². The number of H-pyrrole nitrogens is 1. The summed E-state index contributed by atoms with van der Waals surface area (Å²) in [6, 6.07) is 3.85. The highest BCUT2D eigenvalue weighted by Crippen LogP contribution is 2.19. The van der Waals surface area contributed by atoms with Crippen LogP contribution in [0.25, 0.3) is 0 Å². The fourth-order valence-electron chi connectivity index (χ4n) is 0.768. The summed E-state index contributed by atoms with van der Waals surface area (Å²) in [5, 5.41) is 0. The van der Waals surface area contributed by atoms with Gasteiger partial charge in [0.2, 0.25) is 0 Å². The van der Waals surface area contributed by atoms with E-state index in [0.717, 1.165) is 5.69 Å². The molecule has 0 radical (unpaired) electrons. The highest BCUT2D eigenvalue weighted by Gasteiger charge is 2.20. The maximum Gasteiger partial charge on any atom is 0.123 e. The molecule has 0 fully saturated rings. The lowest BCUT2D eigenvalue weighted by molar-refractivity contribution is -0.0264. The van der Waals surface area contributed by atoms with Gasteiger partial charge in [0, 0.05) is 11.9 Å².